The van der Waals surface area contributed by atoms with Gasteiger partial charge in [-0.25, -0.2) is 9.97 Å². The van der Waals surface area contributed by atoms with Gasteiger partial charge in [-0.05, 0) is 30.7 Å². The van der Waals surface area contributed by atoms with E-state index in [2.05, 4.69) is 40.3 Å². The highest BCUT2D eigenvalue weighted by Gasteiger charge is 2.21. The molecule has 0 saturated carbocycles. The zero-order chi connectivity index (χ0) is 19.3. The summed E-state index contributed by atoms with van der Waals surface area (Å²) in [5.74, 6) is 2.73. The van der Waals surface area contributed by atoms with E-state index in [1.165, 1.54) is 0 Å². The highest BCUT2D eigenvalue weighted by molar-refractivity contribution is 5.65. The molecule has 0 bridgehead atoms. The number of benzene rings is 1. The van der Waals surface area contributed by atoms with Crippen molar-refractivity contribution in [3.8, 4) is 5.75 Å². The van der Waals surface area contributed by atoms with Crippen LogP contribution in [0.1, 0.15) is 5.56 Å². The van der Waals surface area contributed by atoms with Gasteiger partial charge in [0.2, 0.25) is 11.9 Å². The van der Waals surface area contributed by atoms with E-state index in [-0.39, 0.29) is 0 Å². The summed E-state index contributed by atoms with van der Waals surface area (Å²) in [5.41, 5.74) is 1.98. The standard InChI is InChI=1S/C19H22N8O/c1-14-4-5-16(28-2)15(12-14)23-17-13-22-25-19(24-17)27-10-8-26(9-11-27)18-20-6-3-7-21-18/h3-7,12-13H,8-11H2,1-2H3,(H,23,24,25). The summed E-state index contributed by atoms with van der Waals surface area (Å²) in [6, 6.07) is 7.77. The summed E-state index contributed by atoms with van der Waals surface area (Å²) < 4.78 is 5.42. The molecule has 0 atom stereocenters. The Hall–Kier alpha value is -3.49. The monoisotopic (exact) mass is 378 g/mol. The summed E-state index contributed by atoms with van der Waals surface area (Å²) in [6.45, 7) is 5.19. The SMILES string of the molecule is COc1ccc(C)cc1Nc1cnnc(N2CCN(c3ncccn3)CC2)n1. The van der Waals surface area contributed by atoms with Crippen LogP contribution in [0.3, 0.4) is 0 Å². The summed E-state index contributed by atoms with van der Waals surface area (Å²) in [5, 5.41) is 11.6. The fourth-order valence-corrected chi connectivity index (χ4v) is 3.11. The van der Waals surface area contributed by atoms with Crippen LogP contribution in [0, 0.1) is 6.92 Å². The molecule has 2 aromatic heterocycles. The topological polar surface area (TPSA) is 92.2 Å². The molecule has 9 nitrogen and oxygen atoms in total. The minimum atomic E-state index is 0.602. The third kappa shape index (κ3) is 3.93. The van der Waals surface area contributed by atoms with Crippen LogP contribution in [0.2, 0.25) is 0 Å². The van der Waals surface area contributed by atoms with Crippen molar-refractivity contribution < 1.29 is 4.74 Å². The number of rotatable bonds is 5. The van der Waals surface area contributed by atoms with Crippen LogP contribution in [0.4, 0.5) is 23.4 Å². The van der Waals surface area contributed by atoms with Crippen molar-refractivity contribution in [2.45, 2.75) is 6.92 Å². The van der Waals surface area contributed by atoms with Crippen LogP contribution in [-0.4, -0.2) is 58.4 Å². The third-order valence-corrected chi connectivity index (χ3v) is 4.56. The number of anilines is 4. The highest BCUT2D eigenvalue weighted by Crippen LogP contribution is 2.28. The highest BCUT2D eigenvalue weighted by atomic mass is 16.5. The first-order valence-electron chi connectivity index (χ1n) is 9.11. The maximum absolute atomic E-state index is 5.42. The van der Waals surface area contributed by atoms with Gasteiger partial charge in [0, 0.05) is 38.6 Å². The number of aromatic nitrogens is 5. The van der Waals surface area contributed by atoms with Gasteiger partial charge in [0.15, 0.2) is 5.82 Å². The molecular formula is C19H22N8O. The Balaban J connectivity index is 1.45. The predicted molar refractivity (Wildman–Crippen MR) is 107 cm³/mol. The van der Waals surface area contributed by atoms with Gasteiger partial charge < -0.3 is 19.9 Å². The second-order valence-electron chi connectivity index (χ2n) is 6.49. The Morgan fingerprint density at radius 2 is 1.71 bits per heavy atom. The number of piperazine rings is 1. The van der Waals surface area contributed by atoms with Gasteiger partial charge in [-0.15, -0.1) is 5.10 Å². The maximum atomic E-state index is 5.42. The first kappa shape index (κ1) is 17.9. The molecule has 3 heterocycles. The van der Waals surface area contributed by atoms with E-state index in [1.54, 1.807) is 25.7 Å². The number of nitrogens with one attached hydrogen (secondary N) is 1. The predicted octanol–water partition coefficient (Wildman–Crippen LogP) is 2.05. The molecule has 0 radical (unpaired) electrons. The number of hydrogen-bond acceptors (Lipinski definition) is 9. The molecule has 1 aromatic carbocycles. The second-order valence-corrected chi connectivity index (χ2v) is 6.49. The number of ether oxygens (including phenoxy) is 1. The zero-order valence-electron chi connectivity index (χ0n) is 15.9. The molecular weight excluding hydrogens is 356 g/mol. The van der Waals surface area contributed by atoms with Crippen molar-refractivity contribution in [3.63, 3.8) is 0 Å². The molecule has 1 aliphatic rings. The van der Waals surface area contributed by atoms with Gasteiger partial charge in [0.05, 0.1) is 19.0 Å². The van der Waals surface area contributed by atoms with E-state index in [0.717, 1.165) is 49.1 Å². The maximum Gasteiger partial charge on any atom is 0.247 e. The molecule has 0 amide bonds. The Labute approximate surface area is 163 Å². The Bertz CT molecular complexity index is 928. The van der Waals surface area contributed by atoms with Crippen LogP contribution in [-0.2, 0) is 0 Å². The van der Waals surface area contributed by atoms with E-state index in [1.807, 2.05) is 31.2 Å². The lowest BCUT2D eigenvalue weighted by atomic mass is 10.2. The van der Waals surface area contributed by atoms with Gasteiger partial charge in [0.1, 0.15) is 5.75 Å². The van der Waals surface area contributed by atoms with Crippen molar-refractivity contribution in [1.29, 1.82) is 0 Å². The molecule has 28 heavy (non-hydrogen) atoms. The molecule has 1 N–H and O–H groups in total. The normalized spacial score (nSPS) is 14.1. The van der Waals surface area contributed by atoms with E-state index in [4.69, 9.17) is 4.74 Å². The Morgan fingerprint density at radius 3 is 2.43 bits per heavy atom. The van der Waals surface area contributed by atoms with Crippen molar-refractivity contribution in [1.82, 2.24) is 25.1 Å². The molecule has 1 aliphatic heterocycles. The van der Waals surface area contributed by atoms with E-state index >= 15 is 0 Å². The molecule has 144 valence electrons. The lowest BCUT2D eigenvalue weighted by molar-refractivity contribution is 0.416. The van der Waals surface area contributed by atoms with Crippen LogP contribution in [0.15, 0.2) is 42.9 Å². The number of hydrogen-bond donors (Lipinski definition) is 1. The summed E-state index contributed by atoms with van der Waals surface area (Å²) in [4.78, 5) is 17.5. The minimum absolute atomic E-state index is 0.602. The molecule has 4 rings (SSSR count). The van der Waals surface area contributed by atoms with Crippen molar-refractivity contribution in [3.05, 3.63) is 48.4 Å². The van der Waals surface area contributed by atoms with E-state index in [9.17, 15) is 0 Å². The fourth-order valence-electron chi connectivity index (χ4n) is 3.11. The lowest BCUT2D eigenvalue weighted by Crippen LogP contribution is -2.47. The summed E-state index contributed by atoms with van der Waals surface area (Å²) >= 11 is 0. The smallest absolute Gasteiger partial charge is 0.247 e. The lowest BCUT2D eigenvalue weighted by Gasteiger charge is -2.34. The average molecular weight is 378 g/mol. The fraction of sp³-hybridized carbons (Fsp3) is 0.316. The van der Waals surface area contributed by atoms with Crippen LogP contribution in [0.5, 0.6) is 5.75 Å². The first-order chi connectivity index (χ1) is 13.7. The first-order valence-corrected chi connectivity index (χ1v) is 9.11. The molecule has 0 unspecified atom stereocenters. The molecule has 1 fully saturated rings. The van der Waals surface area contributed by atoms with Crippen LogP contribution in [0.25, 0.3) is 0 Å². The third-order valence-electron chi connectivity index (χ3n) is 4.56. The van der Waals surface area contributed by atoms with Gasteiger partial charge in [-0.2, -0.15) is 10.1 Å². The van der Waals surface area contributed by atoms with Crippen LogP contribution >= 0.6 is 0 Å². The largest absolute Gasteiger partial charge is 0.495 e. The molecule has 0 spiro atoms. The van der Waals surface area contributed by atoms with Gasteiger partial charge in [0.25, 0.3) is 0 Å². The minimum Gasteiger partial charge on any atom is -0.495 e. The van der Waals surface area contributed by atoms with Crippen molar-refractivity contribution in [2.75, 3.05) is 48.4 Å². The molecule has 0 aliphatic carbocycles. The average Bonchev–Trinajstić information content (AvgIpc) is 2.75. The van der Waals surface area contributed by atoms with Crippen molar-refractivity contribution >= 4 is 23.4 Å². The molecule has 1 saturated heterocycles. The Morgan fingerprint density at radius 1 is 1.00 bits per heavy atom. The molecule has 9 heteroatoms. The Kier molecular flexibility index (Phi) is 5.14. The van der Waals surface area contributed by atoms with Gasteiger partial charge in [-0.3, -0.25) is 0 Å². The van der Waals surface area contributed by atoms with Gasteiger partial charge in [-0.1, -0.05) is 6.07 Å². The number of methoxy groups -OCH3 is 1. The van der Waals surface area contributed by atoms with E-state index < -0.39 is 0 Å². The second kappa shape index (κ2) is 8.03. The van der Waals surface area contributed by atoms with Gasteiger partial charge >= 0.3 is 0 Å². The summed E-state index contributed by atoms with van der Waals surface area (Å²) in [7, 11) is 1.65. The molecule has 3 aromatic rings. The summed E-state index contributed by atoms with van der Waals surface area (Å²) in [6.07, 6.45) is 5.13. The number of nitrogens with zero attached hydrogens (tertiary/aromatic N) is 7. The van der Waals surface area contributed by atoms with Crippen molar-refractivity contribution in [2.24, 2.45) is 0 Å². The van der Waals surface area contributed by atoms with Crippen LogP contribution < -0.4 is 19.9 Å². The van der Waals surface area contributed by atoms with E-state index in [0.29, 0.717) is 11.8 Å². The quantitative estimate of drug-likeness (QED) is 0.716. The zero-order valence-corrected chi connectivity index (χ0v) is 15.9. The number of aryl methyl sites for hydroxylation is 1.